The smallest absolute Gasteiger partial charge is 0.317 e. The van der Waals surface area contributed by atoms with Crippen LogP contribution in [0.25, 0.3) is 0 Å². The second-order valence-electron chi connectivity index (χ2n) is 6.02. The fourth-order valence-electron chi connectivity index (χ4n) is 3.21. The van der Waals surface area contributed by atoms with E-state index in [0.717, 1.165) is 0 Å². The predicted octanol–water partition coefficient (Wildman–Crippen LogP) is -1.56. The number of carbonyl (C=O) groups excluding carboxylic acids is 2. The normalized spacial score (nSPS) is 28.7. The minimum Gasteiger partial charge on any atom is -0.480 e. The van der Waals surface area contributed by atoms with E-state index in [9.17, 15) is 19.5 Å². The number of aliphatic hydroxyl groups excluding tert-OH is 1. The van der Waals surface area contributed by atoms with E-state index in [1.54, 1.807) is 21.7 Å². The summed E-state index contributed by atoms with van der Waals surface area (Å²) < 4.78 is 0. The van der Waals surface area contributed by atoms with Gasteiger partial charge in [-0.1, -0.05) is 0 Å². The Hall–Kier alpha value is -1.67. The van der Waals surface area contributed by atoms with Gasteiger partial charge in [-0.25, -0.2) is 0 Å². The van der Waals surface area contributed by atoms with Crippen molar-refractivity contribution < 1.29 is 24.6 Å². The topological polar surface area (TPSA) is 101 Å². The third-order valence-electron chi connectivity index (χ3n) is 4.47. The van der Waals surface area contributed by atoms with Gasteiger partial charge in [0.1, 0.15) is 0 Å². The van der Waals surface area contributed by atoms with Crippen molar-refractivity contribution in [3.05, 3.63) is 0 Å². The summed E-state index contributed by atoms with van der Waals surface area (Å²) in [6.07, 6.45) is -0.554. The van der Waals surface area contributed by atoms with E-state index in [-0.39, 0.29) is 43.3 Å². The van der Waals surface area contributed by atoms with Gasteiger partial charge in [-0.3, -0.25) is 19.3 Å². The zero-order valence-electron chi connectivity index (χ0n) is 12.9. The first-order valence-corrected chi connectivity index (χ1v) is 7.50. The Bertz CT molecular complexity index is 469. The van der Waals surface area contributed by atoms with Crippen LogP contribution in [0.2, 0.25) is 0 Å². The number of carboxylic acids is 1. The first-order valence-electron chi connectivity index (χ1n) is 7.50. The summed E-state index contributed by atoms with van der Waals surface area (Å²) in [6.45, 7) is 3.19. The van der Waals surface area contributed by atoms with Crippen molar-refractivity contribution in [2.24, 2.45) is 5.92 Å². The van der Waals surface area contributed by atoms with E-state index in [1.807, 2.05) is 6.92 Å². The van der Waals surface area contributed by atoms with Gasteiger partial charge in [0.05, 0.1) is 24.6 Å². The van der Waals surface area contributed by atoms with Gasteiger partial charge in [0.15, 0.2) is 0 Å². The molecule has 8 heteroatoms. The molecule has 0 saturated carbocycles. The molecule has 0 spiro atoms. The molecule has 3 atom stereocenters. The molecule has 0 aliphatic carbocycles. The van der Waals surface area contributed by atoms with Gasteiger partial charge in [-0.05, 0) is 14.0 Å². The van der Waals surface area contributed by atoms with Gasteiger partial charge < -0.3 is 20.0 Å². The Balaban J connectivity index is 1.95. The van der Waals surface area contributed by atoms with E-state index in [2.05, 4.69) is 0 Å². The summed E-state index contributed by atoms with van der Waals surface area (Å²) in [6, 6.07) is -0.389. The average Bonchev–Trinajstić information content (AvgIpc) is 3.00. The van der Waals surface area contributed by atoms with Crippen LogP contribution >= 0.6 is 0 Å². The Morgan fingerprint density at radius 3 is 2.55 bits per heavy atom. The first kappa shape index (κ1) is 16.7. The molecule has 2 N–H and O–H groups in total. The van der Waals surface area contributed by atoms with Crippen LogP contribution in [0.4, 0.5) is 0 Å². The van der Waals surface area contributed by atoms with Crippen molar-refractivity contribution >= 4 is 17.8 Å². The molecule has 0 bridgehead atoms. The van der Waals surface area contributed by atoms with Crippen molar-refractivity contribution in [1.82, 2.24) is 14.7 Å². The number of amides is 2. The van der Waals surface area contributed by atoms with Crippen LogP contribution in [-0.4, -0.2) is 94.6 Å². The zero-order chi connectivity index (χ0) is 16.4. The zero-order valence-corrected chi connectivity index (χ0v) is 12.9. The maximum Gasteiger partial charge on any atom is 0.317 e. The third-order valence-corrected chi connectivity index (χ3v) is 4.47. The van der Waals surface area contributed by atoms with Crippen molar-refractivity contribution in [3.63, 3.8) is 0 Å². The summed E-state index contributed by atoms with van der Waals surface area (Å²) in [5.41, 5.74) is 0. The van der Waals surface area contributed by atoms with Crippen molar-refractivity contribution in [2.75, 3.05) is 39.8 Å². The molecule has 2 amide bonds. The van der Waals surface area contributed by atoms with E-state index < -0.39 is 12.1 Å². The molecule has 0 aromatic heterocycles. The highest BCUT2D eigenvalue weighted by atomic mass is 16.4. The van der Waals surface area contributed by atoms with Crippen molar-refractivity contribution in [1.29, 1.82) is 0 Å². The fourth-order valence-corrected chi connectivity index (χ4v) is 3.21. The maximum absolute atomic E-state index is 12.5. The molecule has 0 aromatic rings. The lowest BCUT2D eigenvalue weighted by Crippen LogP contribution is -2.43. The summed E-state index contributed by atoms with van der Waals surface area (Å²) in [5, 5.41) is 18.9. The lowest BCUT2D eigenvalue weighted by Gasteiger charge is -2.25. The summed E-state index contributed by atoms with van der Waals surface area (Å²) in [5.74, 6) is -1.47. The third kappa shape index (κ3) is 3.38. The lowest BCUT2D eigenvalue weighted by atomic mass is 10.1. The number of aliphatic hydroxyl groups is 1. The fraction of sp³-hybridized carbons (Fsp3) is 0.786. The number of rotatable bonds is 5. The van der Waals surface area contributed by atoms with Crippen molar-refractivity contribution in [2.45, 2.75) is 25.5 Å². The Kier molecular flexibility index (Phi) is 5.02. The van der Waals surface area contributed by atoms with Gasteiger partial charge in [0.2, 0.25) is 11.8 Å². The average molecular weight is 313 g/mol. The summed E-state index contributed by atoms with van der Waals surface area (Å²) in [7, 11) is 1.62. The molecule has 8 nitrogen and oxygen atoms in total. The maximum atomic E-state index is 12.5. The molecule has 2 saturated heterocycles. The molecule has 124 valence electrons. The minimum atomic E-state index is -0.973. The molecule has 2 fully saturated rings. The molecule has 22 heavy (non-hydrogen) atoms. The van der Waals surface area contributed by atoms with Crippen LogP contribution in [0, 0.1) is 5.92 Å². The highest BCUT2D eigenvalue weighted by molar-refractivity contribution is 5.89. The number of nitrogens with zero attached hydrogens (tertiary/aromatic N) is 3. The van der Waals surface area contributed by atoms with Crippen LogP contribution in [-0.2, 0) is 14.4 Å². The summed E-state index contributed by atoms with van der Waals surface area (Å²) >= 11 is 0. The van der Waals surface area contributed by atoms with E-state index in [1.165, 1.54) is 0 Å². The Labute approximate surface area is 129 Å². The Morgan fingerprint density at radius 1 is 1.32 bits per heavy atom. The summed E-state index contributed by atoms with van der Waals surface area (Å²) in [4.78, 5) is 39.7. The minimum absolute atomic E-state index is 0.0138. The number of β-amino-alcohol motifs (C(OH)–C–C–N with tert-alkyl or cyclic N) is 1. The number of aliphatic carboxylic acids is 1. The molecule has 0 radical (unpaired) electrons. The first-order chi connectivity index (χ1) is 10.3. The number of likely N-dealkylation sites (N-methyl/N-ethyl adjacent to an activating group) is 1. The van der Waals surface area contributed by atoms with Crippen LogP contribution in [0.5, 0.6) is 0 Å². The van der Waals surface area contributed by atoms with Crippen LogP contribution in [0.3, 0.4) is 0 Å². The number of carbonyl (C=O) groups is 3. The molecule has 2 rings (SSSR count). The molecule has 0 unspecified atom stereocenters. The van der Waals surface area contributed by atoms with Crippen LogP contribution < -0.4 is 0 Å². The van der Waals surface area contributed by atoms with Gasteiger partial charge >= 0.3 is 5.97 Å². The standard InChI is InChI=1S/C14H23N3O5/c1-3-16-5-9(4-12(16)19)14(22)17-6-10(11(18)7-17)15(2)8-13(20)21/h9-11,18H,3-8H2,1-2H3,(H,20,21)/t9-,10+,11-/m1/s1. The molecular weight excluding hydrogens is 290 g/mol. The quantitative estimate of drug-likeness (QED) is 0.637. The van der Waals surface area contributed by atoms with Crippen LogP contribution in [0.1, 0.15) is 13.3 Å². The lowest BCUT2D eigenvalue weighted by molar-refractivity contribution is -0.138. The second kappa shape index (κ2) is 6.62. The molecule has 2 aliphatic rings. The van der Waals surface area contributed by atoms with E-state index in [4.69, 9.17) is 5.11 Å². The highest BCUT2D eigenvalue weighted by Gasteiger charge is 2.41. The molecule has 2 aliphatic heterocycles. The number of hydrogen-bond donors (Lipinski definition) is 2. The van der Waals surface area contributed by atoms with E-state index in [0.29, 0.717) is 19.6 Å². The highest BCUT2D eigenvalue weighted by Crippen LogP contribution is 2.23. The van der Waals surface area contributed by atoms with Crippen molar-refractivity contribution in [3.8, 4) is 0 Å². The number of hydrogen-bond acceptors (Lipinski definition) is 5. The van der Waals surface area contributed by atoms with Gasteiger partial charge in [0.25, 0.3) is 0 Å². The molecular formula is C14H23N3O5. The molecule has 2 heterocycles. The van der Waals surface area contributed by atoms with E-state index >= 15 is 0 Å². The van der Waals surface area contributed by atoms with Gasteiger partial charge in [-0.15, -0.1) is 0 Å². The SMILES string of the molecule is CCN1C[C@H](C(=O)N2C[C@@H](O)[C@@H](N(C)CC(=O)O)C2)CC1=O. The monoisotopic (exact) mass is 313 g/mol. The number of carboxylic acid groups (broad SMARTS) is 1. The second-order valence-corrected chi connectivity index (χ2v) is 6.02. The van der Waals surface area contributed by atoms with Gasteiger partial charge in [0, 0.05) is 32.6 Å². The largest absolute Gasteiger partial charge is 0.480 e. The molecule has 0 aromatic carbocycles. The van der Waals surface area contributed by atoms with Gasteiger partial charge in [-0.2, -0.15) is 0 Å². The van der Waals surface area contributed by atoms with Crippen LogP contribution in [0.15, 0.2) is 0 Å². The Morgan fingerprint density at radius 2 is 2.00 bits per heavy atom. The predicted molar refractivity (Wildman–Crippen MR) is 77.0 cm³/mol. The number of likely N-dealkylation sites (tertiary alicyclic amines) is 2.